The quantitative estimate of drug-likeness (QED) is 0.127. The van der Waals surface area contributed by atoms with Gasteiger partial charge >= 0.3 is 0 Å². The van der Waals surface area contributed by atoms with Crippen LogP contribution in [0.5, 0.6) is 0 Å². The van der Waals surface area contributed by atoms with Gasteiger partial charge in [0, 0.05) is 6.54 Å². The summed E-state index contributed by atoms with van der Waals surface area (Å²) >= 11 is 0. The SMILES string of the molecule is NC(N)=NNCCCC[C@H](N)C=O. The largest absolute Gasteiger partial charge is 0.369 e. The molecule has 0 amide bonds. The van der Waals surface area contributed by atoms with Gasteiger partial charge < -0.3 is 27.4 Å². The van der Waals surface area contributed by atoms with E-state index < -0.39 is 0 Å². The number of nitrogens with one attached hydrogen (secondary N) is 1. The molecule has 0 radical (unpaired) electrons. The van der Waals surface area contributed by atoms with Crippen molar-refractivity contribution in [2.45, 2.75) is 25.3 Å². The molecule has 0 rings (SSSR count). The summed E-state index contributed by atoms with van der Waals surface area (Å²) in [5.41, 5.74) is 18.2. The van der Waals surface area contributed by atoms with Crippen LogP contribution in [-0.4, -0.2) is 24.8 Å². The van der Waals surface area contributed by atoms with Gasteiger partial charge in [0.2, 0.25) is 5.96 Å². The molecular formula is C7H17N5O. The van der Waals surface area contributed by atoms with Crippen LogP contribution in [0.15, 0.2) is 5.10 Å². The average molecular weight is 187 g/mol. The zero-order valence-electron chi connectivity index (χ0n) is 7.57. The second kappa shape index (κ2) is 7.35. The molecule has 0 bridgehead atoms. The molecule has 0 aliphatic heterocycles. The van der Waals surface area contributed by atoms with Crippen molar-refractivity contribution in [1.82, 2.24) is 5.43 Å². The number of nitrogens with zero attached hydrogens (tertiary/aromatic N) is 1. The number of nitrogens with two attached hydrogens (primary N) is 3. The minimum Gasteiger partial charge on any atom is -0.369 e. The van der Waals surface area contributed by atoms with Gasteiger partial charge in [0.05, 0.1) is 6.04 Å². The molecule has 0 unspecified atom stereocenters. The van der Waals surface area contributed by atoms with Gasteiger partial charge in [0.15, 0.2) is 0 Å². The van der Waals surface area contributed by atoms with Crippen LogP contribution in [-0.2, 0) is 4.79 Å². The van der Waals surface area contributed by atoms with E-state index in [2.05, 4.69) is 10.5 Å². The molecule has 0 heterocycles. The van der Waals surface area contributed by atoms with Gasteiger partial charge in [-0.25, -0.2) is 0 Å². The van der Waals surface area contributed by atoms with Crippen LogP contribution in [0.3, 0.4) is 0 Å². The lowest BCUT2D eigenvalue weighted by molar-refractivity contribution is -0.109. The topological polar surface area (TPSA) is 120 Å². The third kappa shape index (κ3) is 8.61. The minimum atomic E-state index is -0.344. The van der Waals surface area contributed by atoms with Gasteiger partial charge in [-0.05, 0) is 19.3 Å². The third-order valence-corrected chi connectivity index (χ3v) is 1.46. The molecular weight excluding hydrogens is 170 g/mol. The van der Waals surface area contributed by atoms with Crippen molar-refractivity contribution in [1.29, 1.82) is 0 Å². The number of hydrogen-bond donors (Lipinski definition) is 4. The number of carbonyl (C=O) groups is 1. The van der Waals surface area contributed by atoms with E-state index >= 15 is 0 Å². The lowest BCUT2D eigenvalue weighted by Gasteiger charge is -2.03. The summed E-state index contributed by atoms with van der Waals surface area (Å²) in [5.74, 6) is 0.0181. The number of unbranched alkanes of at least 4 members (excludes halogenated alkanes) is 1. The smallest absolute Gasteiger partial charge is 0.208 e. The molecule has 13 heavy (non-hydrogen) atoms. The van der Waals surface area contributed by atoms with E-state index in [1.54, 1.807) is 0 Å². The van der Waals surface area contributed by atoms with Crippen LogP contribution in [0.4, 0.5) is 0 Å². The Labute approximate surface area is 77.5 Å². The summed E-state index contributed by atoms with van der Waals surface area (Å²) < 4.78 is 0. The maximum Gasteiger partial charge on any atom is 0.208 e. The molecule has 6 nitrogen and oxygen atoms in total. The lowest BCUT2D eigenvalue weighted by Crippen LogP contribution is -2.26. The van der Waals surface area contributed by atoms with Crippen LogP contribution in [0.2, 0.25) is 0 Å². The predicted octanol–water partition coefficient (Wildman–Crippen LogP) is -1.54. The van der Waals surface area contributed by atoms with Crippen LogP contribution in [0.25, 0.3) is 0 Å². The lowest BCUT2D eigenvalue weighted by atomic mass is 10.1. The summed E-state index contributed by atoms with van der Waals surface area (Å²) in [6, 6.07) is -0.344. The number of hydrazone groups is 1. The van der Waals surface area contributed by atoms with Crippen molar-refractivity contribution in [2.24, 2.45) is 22.3 Å². The Morgan fingerprint density at radius 2 is 2.15 bits per heavy atom. The molecule has 1 atom stereocenters. The van der Waals surface area contributed by atoms with Crippen molar-refractivity contribution in [3.63, 3.8) is 0 Å². The van der Waals surface area contributed by atoms with Gasteiger partial charge in [-0.15, -0.1) is 5.10 Å². The highest BCUT2D eigenvalue weighted by molar-refractivity contribution is 5.75. The summed E-state index contributed by atoms with van der Waals surface area (Å²) in [6.45, 7) is 0.684. The molecule has 0 aliphatic carbocycles. The van der Waals surface area contributed by atoms with Crippen molar-refractivity contribution >= 4 is 12.2 Å². The maximum absolute atomic E-state index is 10.1. The van der Waals surface area contributed by atoms with Crippen molar-refractivity contribution in [2.75, 3.05) is 6.54 Å². The first-order chi connectivity index (χ1) is 6.16. The Hall–Kier alpha value is -1.30. The Morgan fingerprint density at radius 1 is 1.46 bits per heavy atom. The van der Waals surface area contributed by atoms with Gasteiger partial charge in [-0.1, -0.05) is 0 Å². The standard InChI is InChI=1S/C7H17N5O/c8-6(5-13)3-1-2-4-11-12-7(9)10/h5-6,11H,1-4,8H2,(H4,9,10,12)/t6-/m0/s1. The molecule has 0 saturated heterocycles. The third-order valence-electron chi connectivity index (χ3n) is 1.46. The van der Waals surface area contributed by atoms with E-state index in [1.165, 1.54) is 0 Å². The van der Waals surface area contributed by atoms with Gasteiger partial charge in [0.25, 0.3) is 0 Å². The molecule has 0 aromatic heterocycles. The molecule has 0 aromatic carbocycles. The molecule has 0 aromatic rings. The average Bonchev–Trinajstić information content (AvgIpc) is 2.10. The molecule has 0 fully saturated rings. The van der Waals surface area contributed by atoms with Gasteiger partial charge in [0.1, 0.15) is 6.29 Å². The zero-order chi connectivity index (χ0) is 10.1. The van der Waals surface area contributed by atoms with E-state index in [9.17, 15) is 4.79 Å². The summed E-state index contributed by atoms with van der Waals surface area (Å²) in [7, 11) is 0. The zero-order valence-corrected chi connectivity index (χ0v) is 7.57. The molecule has 0 aliphatic rings. The molecule has 0 spiro atoms. The summed E-state index contributed by atoms with van der Waals surface area (Å²) in [5, 5.41) is 3.58. The Bertz CT molecular complexity index is 166. The predicted molar refractivity (Wildman–Crippen MR) is 51.7 cm³/mol. The number of carbonyl (C=O) groups excluding carboxylic acids is 1. The van der Waals surface area contributed by atoms with E-state index in [4.69, 9.17) is 17.2 Å². The van der Waals surface area contributed by atoms with Crippen molar-refractivity contribution in [3.05, 3.63) is 0 Å². The second-order valence-electron chi connectivity index (χ2n) is 2.74. The molecule has 6 heteroatoms. The Balaban J connectivity index is 3.17. The highest BCUT2D eigenvalue weighted by atomic mass is 16.1. The number of guanidine groups is 1. The van der Waals surface area contributed by atoms with Gasteiger partial charge in [-0.2, -0.15) is 0 Å². The Morgan fingerprint density at radius 3 is 2.69 bits per heavy atom. The van der Waals surface area contributed by atoms with E-state index in [-0.39, 0.29) is 12.0 Å². The summed E-state index contributed by atoms with van der Waals surface area (Å²) in [4.78, 5) is 10.1. The number of rotatable bonds is 7. The van der Waals surface area contributed by atoms with E-state index in [0.717, 1.165) is 19.1 Å². The normalized spacial score (nSPS) is 11.8. The summed E-state index contributed by atoms with van der Waals surface area (Å²) in [6.07, 6.45) is 3.22. The van der Waals surface area contributed by atoms with Gasteiger partial charge in [-0.3, -0.25) is 0 Å². The van der Waals surface area contributed by atoms with Crippen LogP contribution >= 0.6 is 0 Å². The van der Waals surface area contributed by atoms with Crippen molar-refractivity contribution in [3.8, 4) is 0 Å². The first-order valence-corrected chi connectivity index (χ1v) is 4.19. The van der Waals surface area contributed by atoms with Crippen LogP contribution in [0, 0.1) is 0 Å². The molecule has 76 valence electrons. The fraction of sp³-hybridized carbons (Fsp3) is 0.714. The fourth-order valence-electron chi connectivity index (χ4n) is 0.799. The minimum absolute atomic E-state index is 0.0181. The molecule has 7 N–H and O–H groups in total. The Kier molecular flexibility index (Phi) is 6.62. The van der Waals surface area contributed by atoms with Crippen LogP contribution < -0.4 is 22.6 Å². The number of aldehydes is 1. The molecule has 0 saturated carbocycles. The van der Waals surface area contributed by atoms with E-state index in [1.807, 2.05) is 0 Å². The highest BCUT2D eigenvalue weighted by Crippen LogP contribution is 1.95. The first kappa shape index (κ1) is 11.7. The fourth-order valence-corrected chi connectivity index (χ4v) is 0.799. The highest BCUT2D eigenvalue weighted by Gasteiger charge is 1.97. The van der Waals surface area contributed by atoms with Crippen molar-refractivity contribution < 1.29 is 4.79 Å². The second-order valence-corrected chi connectivity index (χ2v) is 2.74. The maximum atomic E-state index is 10.1. The monoisotopic (exact) mass is 187 g/mol. The van der Waals surface area contributed by atoms with E-state index in [0.29, 0.717) is 13.0 Å². The first-order valence-electron chi connectivity index (χ1n) is 4.19. The number of hydrogen-bond acceptors (Lipinski definition) is 4. The van der Waals surface area contributed by atoms with Crippen LogP contribution in [0.1, 0.15) is 19.3 Å².